The summed E-state index contributed by atoms with van der Waals surface area (Å²) in [5.74, 6) is -0.392. The summed E-state index contributed by atoms with van der Waals surface area (Å²) in [5, 5.41) is 6.61. The van der Waals surface area contributed by atoms with Gasteiger partial charge >= 0.3 is 0 Å². The molecule has 2 amide bonds. The second-order valence-electron chi connectivity index (χ2n) is 5.56. The van der Waals surface area contributed by atoms with E-state index in [1.807, 2.05) is 0 Å². The molecule has 3 rings (SSSR count). The van der Waals surface area contributed by atoms with Gasteiger partial charge in [0.2, 0.25) is 11.8 Å². The van der Waals surface area contributed by atoms with Crippen molar-refractivity contribution in [1.82, 2.24) is 9.97 Å². The Labute approximate surface area is 164 Å². The maximum absolute atomic E-state index is 12.2. The number of nitrogens with one attached hydrogen (secondary N) is 2. The molecular weight excluding hydrogens is 391 g/mol. The van der Waals surface area contributed by atoms with Crippen molar-refractivity contribution < 1.29 is 14.3 Å². The summed E-state index contributed by atoms with van der Waals surface area (Å²) in [6.45, 7) is 1.13. The summed E-state index contributed by atoms with van der Waals surface area (Å²) in [6.07, 6.45) is 1.30. The number of amides is 2. The van der Waals surface area contributed by atoms with Gasteiger partial charge in [-0.25, -0.2) is 9.97 Å². The van der Waals surface area contributed by atoms with Crippen molar-refractivity contribution in [2.45, 2.75) is 6.92 Å². The van der Waals surface area contributed by atoms with Crippen LogP contribution in [0.15, 0.2) is 42.7 Å². The highest BCUT2D eigenvalue weighted by atomic mass is 35.5. The molecule has 1 heterocycles. The number of nitrogens with zero attached hydrogens (tertiary/aromatic N) is 2. The van der Waals surface area contributed by atoms with Crippen molar-refractivity contribution in [3.63, 3.8) is 0 Å². The number of anilines is 2. The van der Waals surface area contributed by atoms with Gasteiger partial charge < -0.3 is 15.4 Å². The van der Waals surface area contributed by atoms with Crippen LogP contribution < -0.4 is 15.4 Å². The zero-order valence-electron chi connectivity index (χ0n) is 14.1. The van der Waals surface area contributed by atoms with Gasteiger partial charge in [-0.1, -0.05) is 29.3 Å². The maximum atomic E-state index is 12.2. The molecule has 0 bridgehead atoms. The Morgan fingerprint density at radius 3 is 2.56 bits per heavy atom. The fourth-order valence-corrected chi connectivity index (χ4v) is 2.93. The van der Waals surface area contributed by atoms with E-state index < -0.39 is 5.91 Å². The molecule has 27 heavy (non-hydrogen) atoms. The van der Waals surface area contributed by atoms with E-state index in [1.165, 1.54) is 13.3 Å². The smallest absolute Gasteiger partial charge is 0.262 e. The summed E-state index contributed by atoms with van der Waals surface area (Å²) in [4.78, 5) is 31.4. The lowest BCUT2D eigenvalue weighted by Gasteiger charge is -2.10. The Morgan fingerprint density at radius 2 is 1.81 bits per heavy atom. The van der Waals surface area contributed by atoms with E-state index in [0.717, 1.165) is 0 Å². The lowest BCUT2D eigenvalue weighted by molar-refractivity contribution is -0.118. The zero-order valence-corrected chi connectivity index (χ0v) is 15.6. The molecule has 0 unspecified atom stereocenters. The van der Waals surface area contributed by atoms with Gasteiger partial charge in [-0.15, -0.1) is 0 Å². The van der Waals surface area contributed by atoms with Crippen LogP contribution in [-0.4, -0.2) is 28.4 Å². The number of carbonyl (C=O) groups excluding carboxylic acids is 2. The summed E-state index contributed by atoms with van der Waals surface area (Å²) in [6, 6.07) is 9.95. The fraction of sp³-hybridized carbons (Fsp3) is 0.111. The monoisotopic (exact) mass is 404 g/mol. The van der Waals surface area contributed by atoms with Crippen molar-refractivity contribution >= 4 is 57.3 Å². The molecule has 0 aliphatic rings. The Hall–Kier alpha value is -2.90. The van der Waals surface area contributed by atoms with Gasteiger partial charge in [0, 0.05) is 23.3 Å². The molecule has 138 valence electrons. The van der Waals surface area contributed by atoms with Crippen molar-refractivity contribution in [3.05, 3.63) is 52.8 Å². The Morgan fingerprint density at radius 1 is 1.07 bits per heavy atom. The van der Waals surface area contributed by atoms with Gasteiger partial charge in [-0.3, -0.25) is 9.59 Å². The summed E-state index contributed by atoms with van der Waals surface area (Å²) in [5.41, 5.74) is 1.58. The second-order valence-corrected chi connectivity index (χ2v) is 6.41. The lowest BCUT2D eigenvalue weighted by Crippen LogP contribution is -2.20. The molecule has 3 aromatic rings. The van der Waals surface area contributed by atoms with Crippen LogP contribution in [0.4, 0.5) is 11.4 Å². The van der Waals surface area contributed by atoms with Crippen LogP contribution >= 0.6 is 23.2 Å². The Bertz CT molecular complexity index is 1030. The molecule has 0 saturated heterocycles. The van der Waals surface area contributed by atoms with Crippen LogP contribution in [0.3, 0.4) is 0 Å². The standard InChI is InChI=1S/C18H14Cl2N4O3/c1-10(25)23-12-3-2-4-13(7-12)24-16(26)8-27-18-14-5-11(19)6-15(20)17(14)21-9-22-18/h2-7,9H,8H2,1H3,(H,23,25)(H,24,26). The van der Waals surface area contributed by atoms with Gasteiger partial charge in [0.05, 0.1) is 15.9 Å². The van der Waals surface area contributed by atoms with Crippen LogP contribution in [0.1, 0.15) is 6.92 Å². The minimum absolute atomic E-state index is 0.199. The number of benzene rings is 2. The minimum Gasteiger partial charge on any atom is -0.467 e. The van der Waals surface area contributed by atoms with Crippen LogP contribution in [0.2, 0.25) is 10.0 Å². The molecule has 0 spiro atoms. The number of aromatic nitrogens is 2. The lowest BCUT2D eigenvalue weighted by atomic mass is 10.2. The Balaban J connectivity index is 1.70. The molecule has 9 heteroatoms. The quantitative estimate of drug-likeness (QED) is 0.672. The topological polar surface area (TPSA) is 93.2 Å². The number of ether oxygens (including phenoxy) is 1. The molecule has 0 aliphatic carbocycles. The van der Waals surface area contributed by atoms with Crippen LogP contribution in [0, 0.1) is 0 Å². The minimum atomic E-state index is -0.394. The largest absolute Gasteiger partial charge is 0.467 e. The number of hydrogen-bond acceptors (Lipinski definition) is 5. The highest BCUT2D eigenvalue weighted by Crippen LogP contribution is 2.30. The molecule has 2 N–H and O–H groups in total. The number of halogens is 2. The first-order valence-electron chi connectivity index (χ1n) is 7.82. The Kier molecular flexibility index (Phi) is 5.73. The highest BCUT2D eigenvalue weighted by Gasteiger charge is 2.12. The first-order chi connectivity index (χ1) is 12.9. The van der Waals surface area contributed by atoms with E-state index >= 15 is 0 Å². The number of hydrogen-bond donors (Lipinski definition) is 2. The summed E-state index contributed by atoms with van der Waals surface area (Å²) >= 11 is 12.1. The predicted molar refractivity (Wildman–Crippen MR) is 104 cm³/mol. The van der Waals surface area contributed by atoms with E-state index in [2.05, 4.69) is 20.6 Å². The third kappa shape index (κ3) is 4.84. The molecule has 7 nitrogen and oxygen atoms in total. The molecule has 1 aromatic heterocycles. The van der Waals surface area contributed by atoms with Crippen LogP contribution in [0.25, 0.3) is 10.9 Å². The first-order valence-corrected chi connectivity index (χ1v) is 8.58. The summed E-state index contributed by atoms with van der Waals surface area (Å²) in [7, 11) is 0. The molecule has 2 aromatic carbocycles. The van der Waals surface area contributed by atoms with E-state index in [1.54, 1.807) is 36.4 Å². The first kappa shape index (κ1) is 18.9. The van der Waals surface area contributed by atoms with E-state index in [4.69, 9.17) is 27.9 Å². The fourth-order valence-electron chi connectivity index (χ4n) is 2.39. The van der Waals surface area contributed by atoms with Crippen LogP contribution in [0.5, 0.6) is 5.88 Å². The third-order valence-corrected chi connectivity index (χ3v) is 3.93. The van der Waals surface area contributed by atoms with Crippen molar-refractivity contribution in [2.24, 2.45) is 0 Å². The number of carbonyl (C=O) groups is 2. The van der Waals surface area contributed by atoms with E-state index in [-0.39, 0.29) is 18.4 Å². The summed E-state index contributed by atoms with van der Waals surface area (Å²) < 4.78 is 5.51. The molecule has 0 atom stereocenters. The maximum Gasteiger partial charge on any atom is 0.262 e. The molecular formula is C18H14Cl2N4O3. The average Bonchev–Trinajstić information content (AvgIpc) is 2.59. The molecule has 0 fully saturated rings. The third-order valence-electron chi connectivity index (χ3n) is 3.43. The molecule has 0 aliphatic heterocycles. The van der Waals surface area contributed by atoms with Gasteiger partial charge in [-0.05, 0) is 30.3 Å². The normalized spacial score (nSPS) is 10.5. The zero-order chi connectivity index (χ0) is 19.4. The molecule has 0 radical (unpaired) electrons. The predicted octanol–water partition coefficient (Wildman–Crippen LogP) is 3.91. The van der Waals surface area contributed by atoms with Crippen molar-refractivity contribution in [1.29, 1.82) is 0 Å². The van der Waals surface area contributed by atoms with Crippen molar-refractivity contribution in [2.75, 3.05) is 17.2 Å². The highest BCUT2D eigenvalue weighted by molar-refractivity contribution is 6.38. The van der Waals surface area contributed by atoms with Gasteiger partial charge in [0.15, 0.2) is 6.61 Å². The molecule has 0 saturated carbocycles. The van der Waals surface area contributed by atoms with Gasteiger partial charge in [0.25, 0.3) is 5.91 Å². The van der Waals surface area contributed by atoms with E-state index in [9.17, 15) is 9.59 Å². The SMILES string of the molecule is CC(=O)Nc1cccc(NC(=O)COc2ncnc3c(Cl)cc(Cl)cc23)c1. The second kappa shape index (κ2) is 8.20. The number of fused-ring (bicyclic) bond motifs is 1. The van der Waals surface area contributed by atoms with E-state index in [0.29, 0.717) is 32.3 Å². The van der Waals surface area contributed by atoms with Gasteiger partial charge in [0.1, 0.15) is 6.33 Å². The van der Waals surface area contributed by atoms with Crippen LogP contribution in [-0.2, 0) is 9.59 Å². The van der Waals surface area contributed by atoms with Gasteiger partial charge in [-0.2, -0.15) is 0 Å². The average molecular weight is 405 g/mol. The number of rotatable bonds is 5. The van der Waals surface area contributed by atoms with Crippen molar-refractivity contribution in [3.8, 4) is 5.88 Å².